The average Bonchev–Trinajstić information content (AvgIpc) is 2.06. The van der Waals surface area contributed by atoms with Gasteiger partial charge in [0, 0.05) is 0 Å². The molecular weight excluding hydrogens is 156 g/mol. The first-order valence-corrected chi connectivity index (χ1v) is 5.95. The van der Waals surface area contributed by atoms with Crippen LogP contribution >= 0.6 is 0 Å². The molecule has 1 fully saturated rings. The van der Waals surface area contributed by atoms with Crippen molar-refractivity contribution in [1.29, 1.82) is 0 Å². The summed E-state index contributed by atoms with van der Waals surface area (Å²) in [5, 5.41) is 0. The zero-order valence-corrected chi connectivity index (χ0v) is 10.3. The second-order valence-electron chi connectivity index (χ2n) is 5.66. The highest BCUT2D eigenvalue weighted by Gasteiger charge is 2.06. The van der Waals surface area contributed by atoms with Gasteiger partial charge in [-0.15, -0.1) is 0 Å². The predicted molar refractivity (Wildman–Crippen MR) is 62.0 cm³/mol. The second kappa shape index (κ2) is 6.45. The quantitative estimate of drug-likeness (QED) is 0.495. The van der Waals surface area contributed by atoms with Crippen molar-refractivity contribution >= 4 is 0 Å². The fraction of sp³-hybridized carbons (Fsp3) is 1.00. The van der Waals surface area contributed by atoms with E-state index in [0.29, 0.717) is 5.41 Å². The number of rotatable bonds is 0. The molecule has 1 rings (SSSR count). The fourth-order valence-electron chi connectivity index (χ4n) is 1.31. The van der Waals surface area contributed by atoms with Crippen molar-refractivity contribution in [2.45, 2.75) is 73.1 Å². The largest absolute Gasteiger partial charge is 0.0649 e. The van der Waals surface area contributed by atoms with Gasteiger partial charge in [-0.1, -0.05) is 73.1 Å². The van der Waals surface area contributed by atoms with Gasteiger partial charge in [-0.05, 0) is 11.3 Å². The zero-order valence-electron chi connectivity index (χ0n) is 10.3. The molecule has 0 aromatic heterocycles. The van der Waals surface area contributed by atoms with E-state index in [-0.39, 0.29) is 0 Å². The van der Waals surface area contributed by atoms with Crippen LogP contribution in [0.2, 0.25) is 0 Å². The molecule has 0 amide bonds. The highest BCUT2D eigenvalue weighted by atomic mass is 14.1. The van der Waals surface area contributed by atoms with E-state index in [9.17, 15) is 0 Å². The lowest BCUT2D eigenvalue weighted by molar-refractivity contribution is 0.385. The minimum atomic E-state index is 0.542. The van der Waals surface area contributed by atoms with Crippen LogP contribution < -0.4 is 0 Å². The van der Waals surface area contributed by atoms with Gasteiger partial charge in [-0.25, -0.2) is 0 Å². The summed E-state index contributed by atoms with van der Waals surface area (Å²) in [7, 11) is 0. The Balaban J connectivity index is 0.000000226. The molecule has 0 saturated heterocycles. The topological polar surface area (TPSA) is 0 Å². The van der Waals surface area contributed by atoms with Crippen molar-refractivity contribution in [3.63, 3.8) is 0 Å². The van der Waals surface area contributed by atoms with Crippen molar-refractivity contribution in [3.05, 3.63) is 0 Å². The molecule has 1 aliphatic rings. The lowest BCUT2D eigenvalue weighted by Gasteiger charge is -2.15. The summed E-state index contributed by atoms with van der Waals surface area (Å²) in [6.45, 7) is 11.3. The molecule has 0 spiro atoms. The van der Waals surface area contributed by atoms with E-state index in [1.165, 1.54) is 38.5 Å². The number of hydrogen-bond donors (Lipinski definition) is 0. The lowest BCUT2D eigenvalue weighted by Crippen LogP contribution is -2.00. The van der Waals surface area contributed by atoms with Crippen LogP contribution in [0, 0.1) is 11.3 Å². The Kier molecular flexibility index (Phi) is 6.45. The Morgan fingerprint density at radius 3 is 1.54 bits per heavy atom. The molecule has 80 valence electrons. The van der Waals surface area contributed by atoms with Gasteiger partial charge in [-0.3, -0.25) is 0 Å². The summed E-state index contributed by atoms with van der Waals surface area (Å²) in [5.74, 6) is 1.04. The van der Waals surface area contributed by atoms with Crippen LogP contribution in [0.1, 0.15) is 73.1 Å². The first-order valence-electron chi connectivity index (χ1n) is 5.95. The van der Waals surface area contributed by atoms with Gasteiger partial charge in [0.1, 0.15) is 0 Å². The van der Waals surface area contributed by atoms with Crippen LogP contribution in [-0.4, -0.2) is 0 Å². The van der Waals surface area contributed by atoms with E-state index in [0.717, 1.165) is 5.92 Å². The van der Waals surface area contributed by atoms with E-state index in [1.54, 1.807) is 0 Å². The normalized spacial score (nSPS) is 19.2. The maximum absolute atomic E-state index is 2.36. The molecule has 0 unspecified atom stereocenters. The maximum Gasteiger partial charge on any atom is -0.0385 e. The molecule has 0 N–H and O–H groups in total. The predicted octanol–water partition coefficient (Wildman–Crippen LogP) is 5.03. The van der Waals surface area contributed by atoms with Crippen LogP contribution in [0.4, 0.5) is 0 Å². The van der Waals surface area contributed by atoms with E-state index in [4.69, 9.17) is 0 Å². The molecule has 0 nitrogen and oxygen atoms in total. The number of hydrogen-bond acceptors (Lipinski definition) is 0. The molecule has 0 bridgehead atoms. The average molecular weight is 184 g/mol. The minimum absolute atomic E-state index is 0.542. The highest BCUT2D eigenvalue weighted by molar-refractivity contribution is 4.59. The first kappa shape index (κ1) is 13.0. The van der Waals surface area contributed by atoms with Gasteiger partial charge in [-0.2, -0.15) is 0 Å². The molecule has 0 heterocycles. The fourth-order valence-corrected chi connectivity index (χ4v) is 1.31. The smallest absolute Gasteiger partial charge is 0.0385 e. The van der Waals surface area contributed by atoms with Gasteiger partial charge < -0.3 is 0 Å². The molecule has 0 aliphatic heterocycles. The van der Waals surface area contributed by atoms with E-state index >= 15 is 0 Å². The van der Waals surface area contributed by atoms with Gasteiger partial charge >= 0.3 is 0 Å². The first-order chi connectivity index (χ1) is 5.95. The van der Waals surface area contributed by atoms with Crippen LogP contribution in [-0.2, 0) is 0 Å². The molecule has 0 radical (unpaired) electrons. The molecular formula is C13H28. The molecule has 0 heteroatoms. The third kappa shape index (κ3) is 9.92. The summed E-state index contributed by atoms with van der Waals surface area (Å²) in [6.07, 6.45) is 8.71. The summed E-state index contributed by atoms with van der Waals surface area (Å²) in [5.41, 5.74) is 0.542. The Hall–Kier alpha value is 0. The lowest BCUT2D eigenvalue weighted by atomic mass is 9.91. The van der Waals surface area contributed by atoms with Crippen molar-refractivity contribution in [2.24, 2.45) is 11.3 Å². The van der Waals surface area contributed by atoms with E-state index in [2.05, 4.69) is 34.6 Å². The van der Waals surface area contributed by atoms with Gasteiger partial charge in [0.15, 0.2) is 0 Å². The van der Waals surface area contributed by atoms with E-state index in [1.807, 2.05) is 0 Å². The van der Waals surface area contributed by atoms with Crippen LogP contribution in [0.15, 0.2) is 0 Å². The van der Waals surface area contributed by atoms with Crippen molar-refractivity contribution in [3.8, 4) is 0 Å². The Bertz CT molecular complexity index is 102. The van der Waals surface area contributed by atoms with Crippen LogP contribution in [0.25, 0.3) is 0 Å². The molecule has 0 aromatic rings. The standard InChI is InChI=1S/C7H14.C6H14/c1-7-5-3-2-4-6-7;1-5-6(2,3)4/h7H,2-6H2,1H3;5H2,1-4H3. The summed E-state index contributed by atoms with van der Waals surface area (Å²) >= 11 is 0. The molecule has 1 saturated carbocycles. The van der Waals surface area contributed by atoms with Crippen molar-refractivity contribution in [1.82, 2.24) is 0 Å². The van der Waals surface area contributed by atoms with Crippen molar-refractivity contribution < 1.29 is 0 Å². The summed E-state index contributed by atoms with van der Waals surface area (Å²) in [4.78, 5) is 0. The van der Waals surface area contributed by atoms with Gasteiger partial charge in [0.25, 0.3) is 0 Å². The van der Waals surface area contributed by atoms with Crippen molar-refractivity contribution in [2.75, 3.05) is 0 Å². The minimum Gasteiger partial charge on any atom is -0.0649 e. The summed E-state index contributed by atoms with van der Waals surface area (Å²) < 4.78 is 0. The SMILES string of the molecule is CC1CCCCC1.CCC(C)(C)C. The summed E-state index contributed by atoms with van der Waals surface area (Å²) in [6, 6.07) is 0. The highest BCUT2D eigenvalue weighted by Crippen LogP contribution is 2.22. The Morgan fingerprint density at radius 1 is 1.00 bits per heavy atom. The van der Waals surface area contributed by atoms with E-state index < -0.39 is 0 Å². The monoisotopic (exact) mass is 184 g/mol. The molecule has 0 aromatic carbocycles. The Labute approximate surface area is 85.1 Å². The van der Waals surface area contributed by atoms with Gasteiger partial charge in [0.2, 0.25) is 0 Å². The zero-order chi connectivity index (χ0) is 10.3. The molecule has 13 heavy (non-hydrogen) atoms. The third-order valence-corrected chi connectivity index (χ3v) is 2.95. The maximum atomic E-state index is 2.36. The van der Waals surface area contributed by atoms with Crippen LogP contribution in [0.5, 0.6) is 0 Å². The van der Waals surface area contributed by atoms with Crippen LogP contribution in [0.3, 0.4) is 0 Å². The molecule has 1 aliphatic carbocycles. The molecule has 0 atom stereocenters. The van der Waals surface area contributed by atoms with Gasteiger partial charge in [0.05, 0.1) is 0 Å². The Morgan fingerprint density at radius 2 is 1.38 bits per heavy atom. The second-order valence-corrected chi connectivity index (χ2v) is 5.66. The third-order valence-electron chi connectivity index (χ3n) is 2.95.